The highest BCUT2D eigenvalue weighted by Gasteiger charge is 2.21. The molecule has 4 aromatic heterocycles. The summed E-state index contributed by atoms with van der Waals surface area (Å²) >= 11 is 0. The lowest BCUT2D eigenvalue weighted by atomic mass is 10.0. The Hall–Kier alpha value is -5.81. The molecule has 5 nitrogen and oxygen atoms in total. The van der Waals surface area contributed by atoms with Gasteiger partial charge < -0.3 is 9.13 Å². The second-order valence-corrected chi connectivity index (χ2v) is 10.6. The molecule has 0 aliphatic rings. The molecule has 196 valence electrons. The topological polar surface area (TPSA) is 48.5 Å². The quantitative estimate of drug-likeness (QED) is 0.226. The summed E-state index contributed by atoms with van der Waals surface area (Å²) < 4.78 is 4.74. The predicted molar refractivity (Wildman–Crippen MR) is 171 cm³/mol. The molecule has 0 fully saturated rings. The third kappa shape index (κ3) is 3.22. The van der Waals surface area contributed by atoms with Crippen LogP contribution in [0.25, 0.3) is 77.1 Å². The molecular weight excluding hydrogens is 514 g/mol. The highest BCUT2D eigenvalue weighted by molar-refractivity contribution is 6.28. The Balaban J connectivity index is 1.46. The maximum absolute atomic E-state index is 4.78. The minimum atomic E-state index is 0.657. The van der Waals surface area contributed by atoms with Crippen molar-refractivity contribution in [2.75, 3.05) is 0 Å². The van der Waals surface area contributed by atoms with Crippen molar-refractivity contribution in [1.82, 2.24) is 24.1 Å². The van der Waals surface area contributed by atoms with Crippen molar-refractivity contribution in [2.45, 2.75) is 0 Å². The molecule has 0 atom stereocenters. The zero-order chi connectivity index (χ0) is 27.6. The summed E-state index contributed by atoms with van der Waals surface area (Å²) in [5.41, 5.74) is 7.61. The van der Waals surface area contributed by atoms with Crippen LogP contribution in [0.1, 0.15) is 0 Å². The maximum atomic E-state index is 4.78. The minimum absolute atomic E-state index is 0.657. The summed E-state index contributed by atoms with van der Waals surface area (Å²) in [6, 6.07) is 40.9. The van der Waals surface area contributed by atoms with Crippen LogP contribution in [0.4, 0.5) is 0 Å². The van der Waals surface area contributed by atoms with E-state index in [0.717, 1.165) is 28.0 Å². The van der Waals surface area contributed by atoms with Gasteiger partial charge in [-0.05, 0) is 41.8 Å². The Kier molecular flexibility index (Phi) is 4.83. The van der Waals surface area contributed by atoms with Crippen molar-refractivity contribution in [1.29, 1.82) is 0 Å². The van der Waals surface area contributed by atoms with Gasteiger partial charge in [0.05, 0.1) is 40.1 Å². The van der Waals surface area contributed by atoms with Crippen molar-refractivity contribution in [3.8, 4) is 22.8 Å². The van der Waals surface area contributed by atoms with Gasteiger partial charge in [0.15, 0.2) is 5.82 Å². The second-order valence-electron chi connectivity index (χ2n) is 10.6. The summed E-state index contributed by atoms with van der Waals surface area (Å²) in [6.07, 6.45) is 7.40. The predicted octanol–water partition coefficient (Wildman–Crippen LogP) is 8.89. The van der Waals surface area contributed by atoms with Gasteiger partial charge in [-0.3, -0.25) is 4.98 Å². The van der Waals surface area contributed by atoms with Crippen LogP contribution in [-0.2, 0) is 0 Å². The van der Waals surface area contributed by atoms with Crippen molar-refractivity contribution in [2.24, 2.45) is 0 Å². The van der Waals surface area contributed by atoms with Gasteiger partial charge in [0.1, 0.15) is 0 Å². The molecule has 0 unspecified atom stereocenters. The first-order valence-electron chi connectivity index (χ1n) is 14.0. The van der Waals surface area contributed by atoms with E-state index in [1.807, 2.05) is 24.5 Å². The number of aromatic nitrogens is 5. The summed E-state index contributed by atoms with van der Waals surface area (Å²) in [5.74, 6) is 0.657. The average molecular weight is 538 g/mol. The molecule has 4 heterocycles. The normalized spacial score (nSPS) is 11.8. The number of hydrogen-bond donors (Lipinski definition) is 0. The maximum Gasteiger partial charge on any atom is 0.160 e. The molecule has 0 aliphatic carbocycles. The summed E-state index contributed by atoms with van der Waals surface area (Å²) in [7, 11) is 0. The number of pyridine rings is 1. The summed E-state index contributed by atoms with van der Waals surface area (Å²) in [5, 5.41) is 7.26. The minimum Gasteiger partial charge on any atom is -0.309 e. The first-order chi connectivity index (χ1) is 20.9. The molecule has 9 rings (SSSR count). The third-order valence-corrected chi connectivity index (χ3v) is 8.28. The number of nitrogens with zero attached hydrogens (tertiary/aromatic N) is 5. The lowest BCUT2D eigenvalue weighted by Gasteiger charge is -2.13. The van der Waals surface area contributed by atoms with Gasteiger partial charge in [0.2, 0.25) is 0 Å². The first kappa shape index (κ1) is 22.9. The molecule has 0 saturated heterocycles. The van der Waals surface area contributed by atoms with Crippen LogP contribution in [-0.4, -0.2) is 24.1 Å². The van der Waals surface area contributed by atoms with E-state index < -0.39 is 0 Å². The van der Waals surface area contributed by atoms with Gasteiger partial charge in [-0.25, -0.2) is 9.97 Å². The van der Waals surface area contributed by atoms with Gasteiger partial charge in [-0.15, -0.1) is 0 Å². The lowest BCUT2D eigenvalue weighted by molar-refractivity contribution is 1.08. The number of para-hydroxylation sites is 3. The Morgan fingerprint density at radius 3 is 1.67 bits per heavy atom. The highest BCUT2D eigenvalue weighted by Crippen LogP contribution is 2.42. The van der Waals surface area contributed by atoms with E-state index >= 15 is 0 Å². The van der Waals surface area contributed by atoms with Crippen LogP contribution in [0.3, 0.4) is 0 Å². The number of hydrogen-bond acceptors (Lipinski definition) is 3. The largest absolute Gasteiger partial charge is 0.309 e. The van der Waals surface area contributed by atoms with Crippen molar-refractivity contribution in [3.63, 3.8) is 0 Å². The van der Waals surface area contributed by atoms with Crippen LogP contribution in [0, 0.1) is 0 Å². The van der Waals surface area contributed by atoms with E-state index in [1.54, 1.807) is 12.4 Å². The molecule has 0 spiro atoms. The molecule has 0 N–H and O–H groups in total. The Labute approximate surface area is 241 Å². The second kappa shape index (κ2) is 8.85. The number of benzene rings is 5. The van der Waals surface area contributed by atoms with E-state index in [0.29, 0.717) is 5.82 Å². The fourth-order valence-corrected chi connectivity index (χ4v) is 6.51. The lowest BCUT2D eigenvalue weighted by Crippen LogP contribution is -1.99. The van der Waals surface area contributed by atoms with Crippen molar-refractivity contribution < 1.29 is 0 Å². The summed E-state index contributed by atoms with van der Waals surface area (Å²) in [4.78, 5) is 13.8. The van der Waals surface area contributed by atoms with E-state index in [2.05, 4.69) is 117 Å². The Bertz CT molecular complexity index is 2430. The monoisotopic (exact) mass is 537 g/mol. The van der Waals surface area contributed by atoms with Crippen LogP contribution in [0.15, 0.2) is 140 Å². The molecule has 0 aliphatic heterocycles. The van der Waals surface area contributed by atoms with Gasteiger partial charge in [-0.2, -0.15) is 0 Å². The SMILES string of the molecule is c1ccc(-n2c3ccccc3c3ccc4ccc5c6ccccc6n(-c6cnc(-c7cccnc7)nc6)c5c4c32)cc1. The number of rotatable bonds is 3. The smallest absolute Gasteiger partial charge is 0.160 e. The molecular formula is C37H23N5. The molecule has 0 saturated carbocycles. The molecule has 42 heavy (non-hydrogen) atoms. The van der Waals surface area contributed by atoms with E-state index in [-0.39, 0.29) is 0 Å². The average Bonchev–Trinajstić information content (AvgIpc) is 3.59. The standard InChI is InChI=1S/C37H23N5/c1-2-10-26(11-3-1)41-32-14-6-4-12-28(32)30-18-16-24-17-19-31-29-13-5-7-15-33(29)42(36(31)34(24)35(30)41)27-22-39-37(40-23-27)25-9-8-20-38-21-25/h1-23H. The van der Waals surface area contributed by atoms with E-state index in [1.165, 1.54) is 43.4 Å². The molecule has 9 aromatic rings. The van der Waals surface area contributed by atoms with Gasteiger partial charge >= 0.3 is 0 Å². The van der Waals surface area contributed by atoms with Crippen LogP contribution < -0.4 is 0 Å². The van der Waals surface area contributed by atoms with Gasteiger partial charge in [-0.1, -0.05) is 78.9 Å². The van der Waals surface area contributed by atoms with Crippen LogP contribution in [0.5, 0.6) is 0 Å². The van der Waals surface area contributed by atoms with Crippen molar-refractivity contribution >= 4 is 54.4 Å². The third-order valence-electron chi connectivity index (χ3n) is 8.28. The highest BCUT2D eigenvalue weighted by atomic mass is 15.0. The first-order valence-corrected chi connectivity index (χ1v) is 14.0. The molecule has 0 amide bonds. The fraction of sp³-hybridized carbons (Fsp3) is 0. The zero-order valence-corrected chi connectivity index (χ0v) is 22.5. The van der Waals surface area contributed by atoms with Gasteiger partial charge in [0.25, 0.3) is 0 Å². The van der Waals surface area contributed by atoms with E-state index in [4.69, 9.17) is 9.97 Å². The summed E-state index contributed by atoms with van der Waals surface area (Å²) in [6.45, 7) is 0. The molecule has 5 aromatic carbocycles. The van der Waals surface area contributed by atoms with E-state index in [9.17, 15) is 0 Å². The molecule has 0 bridgehead atoms. The van der Waals surface area contributed by atoms with Crippen LogP contribution in [0.2, 0.25) is 0 Å². The fourth-order valence-electron chi connectivity index (χ4n) is 6.51. The molecule has 0 radical (unpaired) electrons. The Morgan fingerprint density at radius 1 is 0.452 bits per heavy atom. The van der Waals surface area contributed by atoms with Crippen LogP contribution >= 0.6 is 0 Å². The van der Waals surface area contributed by atoms with Crippen molar-refractivity contribution in [3.05, 3.63) is 140 Å². The molecule has 5 heteroatoms. The zero-order valence-electron chi connectivity index (χ0n) is 22.5. The number of fused-ring (bicyclic) bond motifs is 9. The van der Waals surface area contributed by atoms with Gasteiger partial charge in [0, 0.05) is 50.6 Å². The Morgan fingerprint density at radius 2 is 1.05 bits per heavy atom.